The zero-order valence-electron chi connectivity index (χ0n) is 11.6. The van der Waals surface area contributed by atoms with Gasteiger partial charge in [-0.25, -0.2) is 0 Å². The molecule has 1 fully saturated rings. The standard InChI is InChI=1S/C16H23NO/c1-4-5-11-14(18)16-15(12(2)17(16)3)13-9-7-6-8-10-13/h6-10,12,15-16H,4-5,11H2,1-3H3/t12-,15+,16+/m0/s1. The second-order valence-electron chi connectivity index (χ2n) is 5.36. The Morgan fingerprint density at radius 1 is 1.28 bits per heavy atom. The molecule has 0 radical (unpaired) electrons. The van der Waals surface area contributed by atoms with Crippen LogP contribution in [-0.2, 0) is 4.79 Å². The first kappa shape index (κ1) is 13.3. The fourth-order valence-electron chi connectivity index (χ4n) is 2.98. The molecule has 3 atom stereocenters. The molecule has 2 nitrogen and oxygen atoms in total. The Bertz CT molecular complexity index is 401. The van der Waals surface area contributed by atoms with Crippen LogP contribution in [-0.4, -0.2) is 29.8 Å². The molecule has 1 aromatic rings. The normalized spacial score (nSPS) is 27.8. The molecule has 1 aromatic carbocycles. The van der Waals surface area contributed by atoms with E-state index in [1.807, 2.05) is 6.07 Å². The van der Waals surface area contributed by atoms with Crippen molar-refractivity contribution in [1.29, 1.82) is 0 Å². The molecule has 2 heteroatoms. The van der Waals surface area contributed by atoms with E-state index in [-0.39, 0.29) is 6.04 Å². The van der Waals surface area contributed by atoms with Crippen LogP contribution in [0, 0.1) is 0 Å². The Kier molecular flexibility index (Phi) is 4.18. The van der Waals surface area contributed by atoms with E-state index in [1.165, 1.54) is 5.56 Å². The molecule has 1 saturated heterocycles. The average Bonchev–Trinajstić information content (AvgIpc) is 2.41. The van der Waals surface area contributed by atoms with Crippen LogP contribution in [0.1, 0.15) is 44.6 Å². The van der Waals surface area contributed by atoms with E-state index in [2.05, 4.69) is 50.1 Å². The number of carbonyl (C=O) groups excluding carboxylic acids is 1. The van der Waals surface area contributed by atoms with Crippen molar-refractivity contribution >= 4 is 5.78 Å². The number of nitrogens with zero attached hydrogens (tertiary/aromatic N) is 1. The third kappa shape index (κ3) is 2.35. The summed E-state index contributed by atoms with van der Waals surface area (Å²) in [6.07, 6.45) is 2.83. The number of unbranched alkanes of at least 4 members (excludes halogenated alkanes) is 1. The molecule has 2 rings (SSSR count). The Morgan fingerprint density at radius 2 is 1.94 bits per heavy atom. The predicted octanol–water partition coefficient (Wildman–Crippen LogP) is 3.23. The third-order valence-electron chi connectivity index (χ3n) is 4.23. The zero-order chi connectivity index (χ0) is 13.1. The summed E-state index contributed by atoms with van der Waals surface area (Å²) in [5.41, 5.74) is 1.30. The van der Waals surface area contributed by atoms with Gasteiger partial charge < -0.3 is 0 Å². The summed E-state index contributed by atoms with van der Waals surface area (Å²) >= 11 is 0. The summed E-state index contributed by atoms with van der Waals surface area (Å²) < 4.78 is 0. The van der Waals surface area contributed by atoms with Crippen LogP contribution in [0.5, 0.6) is 0 Å². The van der Waals surface area contributed by atoms with Gasteiger partial charge in [0.15, 0.2) is 5.78 Å². The Morgan fingerprint density at radius 3 is 2.56 bits per heavy atom. The molecule has 0 amide bonds. The second kappa shape index (κ2) is 5.66. The largest absolute Gasteiger partial charge is 0.298 e. The van der Waals surface area contributed by atoms with Gasteiger partial charge in [-0.05, 0) is 26.0 Å². The van der Waals surface area contributed by atoms with Crippen molar-refractivity contribution in [3.05, 3.63) is 35.9 Å². The quantitative estimate of drug-likeness (QED) is 0.793. The molecule has 0 bridgehead atoms. The lowest BCUT2D eigenvalue weighted by Crippen LogP contribution is -2.62. The summed E-state index contributed by atoms with van der Waals surface area (Å²) in [5.74, 6) is 0.784. The number of carbonyl (C=O) groups is 1. The highest BCUT2D eigenvalue weighted by molar-refractivity contribution is 5.86. The minimum absolute atomic E-state index is 0.0916. The Labute approximate surface area is 110 Å². The van der Waals surface area contributed by atoms with Gasteiger partial charge in [-0.2, -0.15) is 0 Å². The van der Waals surface area contributed by atoms with E-state index in [4.69, 9.17) is 0 Å². The van der Waals surface area contributed by atoms with E-state index in [9.17, 15) is 4.79 Å². The number of hydrogen-bond donors (Lipinski definition) is 0. The SMILES string of the molecule is CCCCC(=O)[C@@H]1[C@@H](c2ccccc2)[C@H](C)N1C. The molecule has 0 saturated carbocycles. The first-order valence-corrected chi connectivity index (χ1v) is 6.96. The van der Waals surface area contributed by atoms with Crippen molar-refractivity contribution in [3.8, 4) is 0 Å². The van der Waals surface area contributed by atoms with Gasteiger partial charge in [0, 0.05) is 18.4 Å². The summed E-state index contributed by atoms with van der Waals surface area (Å²) in [7, 11) is 2.07. The third-order valence-corrected chi connectivity index (χ3v) is 4.23. The van der Waals surface area contributed by atoms with Crippen LogP contribution in [0.4, 0.5) is 0 Å². The Balaban J connectivity index is 2.12. The van der Waals surface area contributed by atoms with Gasteiger partial charge in [-0.3, -0.25) is 9.69 Å². The molecular formula is C16H23NO. The van der Waals surface area contributed by atoms with Gasteiger partial charge in [0.05, 0.1) is 6.04 Å². The van der Waals surface area contributed by atoms with Gasteiger partial charge in [0.1, 0.15) is 0 Å². The first-order valence-electron chi connectivity index (χ1n) is 6.96. The molecule has 1 heterocycles. The fourth-order valence-corrected chi connectivity index (χ4v) is 2.98. The van der Waals surface area contributed by atoms with Gasteiger partial charge in [-0.1, -0.05) is 43.7 Å². The number of likely N-dealkylation sites (N-methyl/N-ethyl adjacent to an activating group) is 1. The molecule has 1 aliphatic heterocycles. The lowest BCUT2D eigenvalue weighted by molar-refractivity contribution is -0.132. The number of rotatable bonds is 5. The van der Waals surface area contributed by atoms with Crippen molar-refractivity contribution in [2.24, 2.45) is 0 Å². The lowest BCUT2D eigenvalue weighted by Gasteiger charge is -2.51. The van der Waals surface area contributed by atoms with Crippen LogP contribution in [0.2, 0.25) is 0 Å². The summed E-state index contributed by atoms with van der Waals surface area (Å²) in [4.78, 5) is 14.5. The van der Waals surface area contributed by atoms with Crippen molar-refractivity contribution in [2.75, 3.05) is 7.05 Å². The number of ketones is 1. The van der Waals surface area contributed by atoms with Crippen molar-refractivity contribution < 1.29 is 4.79 Å². The average molecular weight is 245 g/mol. The minimum atomic E-state index is 0.0916. The fraction of sp³-hybridized carbons (Fsp3) is 0.562. The maximum Gasteiger partial charge on any atom is 0.150 e. The van der Waals surface area contributed by atoms with Crippen molar-refractivity contribution in [3.63, 3.8) is 0 Å². The topological polar surface area (TPSA) is 20.3 Å². The predicted molar refractivity (Wildman–Crippen MR) is 74.7 cm³/mol. The number of likely N-dealkylation sites (tertiary alicyclic amines) is 1. The molecular weight excluding hydrogens is 222 g/mol. The van der Waals surface area contributed by atoms with Crippen molar-refractivity contribution in [2.45, 2.75) is 51.1 Å². The summed E-state index contributed by atoms with van der Waals surface area (Å²) in [5, 5.41) is 0. The highest BCUT2D eigenvalue weighted by atomic mass is 16.1. The van der Waals surface area contributed by atoms with E-state index < -0.39 is 0 Å². The molecule has 18 heavy (non-hydrogen) atoms. The molecule has 0 aliphatic carbocycles. The highest BCUT2D eigenvalue weighted by Gasteiger charge is 2.47. The van der Waals surface area contributed by atoms with E-state index >= 15 is 0 Å². The van der Waals surface area contributed by atoms with Gasteiger partial charge >= 0.3 is 0 Å². The van der Waals surface area contributed by atoms with E-state index in [1.54, 1.807) is 0 Å². The van der Waals surface area contributed by atoms with Crippen LogP contribution in [0.15, 0.2) is 30.3 Å². The summed E-state index contributed by atoms with van der Waals surface area (Å²) in [6.45, 7) is 4.34. The zero-order valence-corrected chi connectivity index (χ0v) is 11.6. The molecule has 0 unspecified atom stereocenters. The smallest absolute Gasteiger partial charge is 0.150 e. The van der Waals surface area contributed by atoms with Crippen LogP contribution >= 0.6 is 0 Å². The monoisotopic (exact) mass is 245 g/mol. The van der Waals surface area contributed by atoms with Crippen LogP contribution < -0.4 is 0 Å². The van der Waals surface area contributed by atoms with Crippen molar-refractivity contribution in [1.82, 2.24) is 4.90 Å². The van der Waals surface area contributed by atoms with E-state index in [0.29, 0.717) is 17.7 Å². The minimum Gasteiger partial charge on any atom is -0.298 e. The lowest BCUT2D eigenvalue weighted by atomic mass is 9.74. The molecule has 98 valence electrons. The van der Waals surface area contributed by atoms with Gasteiger partial charge in [0.2, 0.25) is 0 Å². The summed E-state index contributed by atoms with van der Waals surface area (Å²) in [6, 6.07) is 11.0. The number of hydrogen-bond acceptors (Lipinski definition) is 2. The molecule has 0 spiro atoms. The number of Topliss-reactive ketones (excluding diaryl/α,β-unsaturated/α-hetero) is 1. The second-order valence-corrected chi connectivity index (χ2v) is 5.36. The molecule has 0 N–H and O–H groups in total. The van der Waals surface area contributed by atoms with E-state index in [0.717, 1.165) is 19.3 Å². The van der Waals surface area contributed by atoms with Gasteiger partial charge in [0.25, 0.3) is 0 Å². The maximum absolute atomic E-state index is 12.3. The van der Waals surface area contributed by atoms with Crippen LogP contribution in [0.25, 0.3) is 0 Å². The molecule has 1 aliphatic rings. The number of benzene rings is 1. The van der Waals surface area contributed by atoms with Gasteiger partial charge in [-0.15, -0.1) is 0 Å². The van der Waals surface area contributed by atoms with Crippen LogP contribution in [0.3, 0.4) is 0 Å². The maximum atomic E-state index is 12.3. The molecule has 0 aromatic heterocycles. The Hall–Kier alpha value is -1.15. The highest BCUT2D eigenvalue weighted by Crippen LogP contribution is 2.40. The first-order chi connectivity index (χ1) is 8.66.